The van der Waals surface area contributed by atoms with Gasteiger partial charge in [0.25, 0.3) is 0 Å². The number of esters is 4. The molecule has 0 spiro atoms. The Morgan fingerprint density at radius 2 is 0.567 bits per heavy atom. The third-order valence-corrected chi connectivity index (χ3v) is 16.3. The first-order valence-corrected chi connectivity index (χ1v) is 41.0. The summed E-state index contributed by atoms with van der Waals surface area (Å²) in [4.78, 5) is 72.8. The van der Waals surface area contributed by atoms with Crippen molar-refractivity contribution in [2.75, 3.05) is 39.6 Å². The molecule has 104 heavy (non-hydrogen) atoms. The number of hydrogen-bond donors (Lipinski definition) is 3. The van der Waals surface area contributed by atoms with Crippen molar-refractivity contribution in [1.29, 1.82) is 0 Å². The lowest BCUT2D eigenvalue weighted by Crippen LogP contribution is -2.30. The summed E-state index contributed by atoms with van der Waals surface area (Å²) in [6.45, 7) is 4.12. The second kappa shape index (κ2) is 74.6. The summed E-state index contributed by atoms with van der Waals surface area (Å²) in [6.07, 6.45) is 94.2. The van der Waals surface area contributed by atoms with Gasteiger partial charge in [0.05, 0.1) is 32.8 Å². The topological polar surface area (TPSA) is 237 Å². The number of allylic oxidation sites excluding steroid dienone is 35. The van der Waals surface area contributed by atoms with Crippen LogP contribution in [0.3, 0.4) is 0 Å². The lowest BCUT2D eigenvalue weighted by molar-refractivity contribution is -0.161. The molecular formula is C85H130O17P2. The molecule has 0 aromatic carbocycles. The zero-order chi connectivity index (χ0) is 76.0. The molecule has 0 amide bonds. The quantitative estimate of drug-likeness (QED) is 0.0169. The van der Waals surface area contributed by atoms with Gasteiger partial charge in [-0.05, 0) is 154 Å². The first-order chi connectivity index (χ1) is 50.7. The lowest BCUT2D eigenvalue weighted by atomic mass is 10.1. The Labute approximate surface area is 626 Å². The Kier molecular flexibility index (Phi) is 69.9. The van der Waals surface area contributed by atoms with Crippen molar-refractivity contribution in [1.82, 2.24) is 0 Å². The molecule has 17 nitrogen and oxygen atoms in total. The third-order valence-electron chi connectivity index (χ3n) is 14.4. The van der Waals surface area contributed by atoms with E-state index < -0.39 is 97.5 Å². The summed E-state index contributed by atoms with van der Waals surface area (Å²) < 4.78 is 68.2. The number of aliphatic hydroxyl groups is 1. The fraction of sp³-hybridized carbons (Fsp3) is 0.529. The fourth-order valence-electron chi connectivity index (χ4n) is 8.80. The van der Waals surface area contributed by atoms with Gasteiger partial charge in [-0.3, -0.25) is 37.3 Å². The fourth-order valence-corrected chi connectivity index (χ4v) is 10.4. The maximum Gasteiger partial charge on any atom is 0.472 e. The second-order valence-corrected chi connectivity index (χ2v) is 27.0. The van der Waals surface area contributed by atoms with Crippen molar-refractivity contribution in [3.8, 4) is 0 Å². The highest BCUT2D eigenvalue weighted by molar-refractivity contribution is 7.47. The minimum atomic E-state index is -5.03. The van der Waals surface area contributed by atoms with Crippen molar-refractivity contribution < 1.29 is 80.2 Å². The number of rotatable bonds is 68. The maximum absolute atomic E-state index is 13.1. The normalized spacial score (nSPS) is 15.1. The zero-order valence-corrected chi connectivity index (χ0v) is 65.1. The van der Waals surface area contributed by atoms with Gasteiger partial charge in [0, 0.05) is 19.3 Å². The average molecular weight is 1490 g/mol. The van der Waals surface area contributed by atoms with Crippen molar-refractivity contribution in [3.05, 3.63) is 219 Å². The zero-order valence-electron chi connectivity index (χ0n) is 63.3. The van der Waals surface area contributed by atoms with Gasteiger partial charge in [0.15, 0.2) is 12.2 Å². The molecule has 0 radical (unpaired) electrons. The standard InChI is InChI=1S/C85H130O17P2/c1-5-9-13-17-21-25-29-33-36-38-39-41-44-47-50-54-58-62-66-70-83(88)95-75-80(101-84(89)71-67-63-59-55-51-45-32-28-24-20-16-12-8-4)77-99-103(91,92)97-73-79(86)74-98-104(93,94)100-78-81(102-85(90)72-68-64-60-56-52-48-42-35-31-27-23-19-15-11-7-3)76-96-82(87)69-65-61-57-53-49-46-43-40-37-34-30-26-22-18-14-10-6-2/h9-11,13-16,20-23,25-28,32-37,39,41-43,46-47,50,52-53,56-58,62,64,68,79-81,86H,5-8,12,17-19,24,29-31,38,40,44-45,48-49,51,54-55,59-61,63,65-67,69-78H2,1-4H3,(H,91,92)(H,93,94)/b13-9-,14-10-,15-11-,20-16-,25-21-,26-22-,27-23-,32-28-,36-33-,37-34-,41-39-,42-35-,46-43-,50-47-,56-52-,57-53-,62-58-,68-64-. The van der Waals surface area contributed by atoms with Gasteiger partial charge in [0.1, 0.15) is 19.3 Å². The molecule has 582 valence electrons. The van der Waals surface area contributed by atoms with Crippen molar-refractivity contribution in [2.24, 2.45) is 0 Å². The number of carbonyl (C=O) groups is 4. The van der Waals surface area contributed by atoms with Gasteiger partial charge in [0.2, 0.25) is 0 Å². The van der Waals surface area contributed by atoms with Crippen LogP contribution in [0.4, 0.5) is 0 Å². The molecule has 0 aromatic rings. The number of phosphoric acid groups is 2. The lowest BCUT2D eigenvalue weighted by Gasteiger charge is -2.21. The van der Waals surface area contributed by atoms with Crippen LogP contribution in [0.2, 0.25) is 0 Å². The van der Waals surface area contributed by atoms with E-state index in [0.717, 1.165) is 141 Å². The van der Waals surface area contributed by atoms with Gasteiger partial charge in [-0.1, -0.05) is 272 Å². The molecule has 0 saturated heterocycles. The average Bonchev–Trinajstić information content (AvgIpc) is 0.939. The van der Waals surface area contributed by atoms with Crippen LogP contribution in [0.5, 0.6) is 0 Å². The highest BCUT2D eigenvalue weighted by Crippen LogP contribution is 2.45. The summed E-state index contributed by atoms with van der Waals surface area (Å²) >= 11 is 0. The maximum atomic E-state index is 13.1. The van der Waals surface area contributed by atoms with Crippen molar-refractivity contribution in [3.63, 3.8) is 0 Å². The highest BCUT2D eigenvalue weighted by Gasteiger charge is 2.30. The molecule has 0 heterocycles. The van der Waals surface area contributed by atoms with Crippen LogP contribution in [0, 0.1) is 0 Å². The van der Waals surface area contributed by atoms with Crippen LogP contribution in [0.25, 0.3) is 0 Å². The first kappa shape index (κ1) is 97.4. The smallest absolute Gasteiger partial charge is 0.462 e. The Balaban J connectivity index is 5.57. The van der Waals surface area contributed by atoms with Crippen LogP contribution in [0.15, 0.2) is 219 Å². The predicted octanol–water partition coefficient (Wildman–Crippen LogP) is 22.1. The molecule has 0 aromatic heterocycles. The van der Waals surface area contributed by atoms with Crippen molar-refractivity contribution in [2.45, 2.75) is 251 Å². The predicted molar refractivity (Wildman–Crippen MR) is 426 cm³/mol. The molecule has 0 fully saturated rings. The Morgan fingerprint density at radius 3 is 0.942 bits per heavy atom. The molecule has 19 heteroatoms. The van der Waals surface area contributed by atoms with E-state index in [1.807, 2.05) is 42.5 Å². The number of ether oxygens (including phenoxy) is 4. The van der Waals surface area contributed by atoms with Crippen LogP contribution >= 0.6 is 15.6 Å². The van der Waals surface area contributed by atoms with E-state index in [1.54, 1.807) is 12.2 Å². The van der Waals surface area contributed by atoms with Gasteiger partial charge in [-0.25, -0.2) is 9.13 Å². The Morgan fingerprint density at radius 1 is 0.288 bits per heavy atom. The summed E-state index contributed by atoms with van der Waals surface area (Å²) in [6, 6.07) is 0. The Hall–Kier alpha value is -6.62. The van der Waals surface area contributed by atoms with Gasteiger partial charge in [-0.2, -0.15) is 0 Å². The van der Waals surface area contributed by atoms with E-state index in [4.69, 9.17) is 37.0 Å². The third kappa shape index (κ3) is 73.7. The molecule has 0 bridgehead atoms. The molecule has 0 aliphatic heterocycles. The van der Waals surface area contributed by atoms with Gasteiger partial charge < -0.3 is 33.8 Å². The van der Waals surface area contributed by atoms with Crippen LogP contribution in [0.1, 0.15) is 233 Å². The number of unbranched alkanes of at least 4 members (excludes halogenated alkanes) is 7. The highest BCUT2D eigenvalue weighted by atomic mass is 31.2. The summed E-state index contributed by atoms with van der Waals surface area (Å²) in [5.74, 6) is -2.54. The van der Waals surface area contributed by atoms with E-state index in [2.05, 4.69) is 192 Å². The van der Waals surface area contributed by atoms with E-state index >= 15 is 0 Å². The number of hydrogen-bond acceptors (Lipinski definition) is 15. The van der Waals surface area contributed by atoms with Gasteiger partial charge in [-0.15, -0.1) is 0 Å². The molecule has 0 rings (SSSR count). The summed E-state index contributed by atoms with van der Waals surface area (Å²) in [5, 5.41) is 10.6. The molecule has 3 N–H and O–H groups in total. The first-order valence-electron chi connectivity index (χ1n) is 38.0. The minimum Gasteiger partial charge on any atom is -0.462 e. The number of phosphoric ester groups is 2. The summed E-state index contributed by atoms with van der Waals surface area (Å²) in [7, 11) is -10.0. The SMILES string of the molecule is CC/C=C\C/C=C\C/C=C\C/C=C\C/C=C\C/C=C\CCC(=O)OCC(COP(=O)(O)OCC(O)COP(=O)(O)OCC(COC(=O)CCC/C=C\C/C=C\C/C=C\C/C=C\C/C=C\CC)OC(=O)C/C=C\C/C=C\C/C=C\C/C=C\C/C=C\CC)OC(=O)CCCCCCC/C=C\C/C=C\CCC. The van der Waals surface area contributed by atoms with Crippen LogP contribution in [-0.2, 0) is 65.4 Å². The number of carbonyl (C=O) groups excluding carboxylic acids is 4. The van der Waals surface area contributed by atoms with Gasteiger partial charge >= 0.3 is 39.5 Å². The molecule has 0 aliphatic carbocycles. The largest absolute Gasteiger partial charge is 0.472 e. The van der Waals surface area contributed by atoms with E-state index in [1.165, 1.54) is 0 Å². The Bertz CT molecular complexity index is 2840. The molecular weight excluding hydrogens is 1350 g/mol. The van der Waals surface area contributed by atoms with E-state index in [9.17, 15) is 43.2 Å². The monoisotopic (exact) mass is 1480 g/mol. The summed E-state index contributed by atoms with van der Waals surface area (Å²) in [5.41, 5.74) is 0. The molecule has 0 saturated carbocycles. The number of aliphatic hydroxyl groups excluding tert-OH is 1. The van der Waals surface area contributed by atoms with Crippen molar-refractivity contribution >= 4 is 39.5 Å². The minimum absolute atomic E-state index is 0.0205. The second-order valence-electron chi connectivity index (χ2n) is 24.1. The molecule has 5 unspecified atom stereocenters. The van der Waals surface area contributed by atoms with Crippen LogP contribution < -0.4 is 0 Å². The molecule has 5 atom stereocenters. The van der Waals surface area contributed by atoms with E-state index in [0.29, 0.717) is 38.5 Å². The van der Waals surface area contributed by atoms with E-state index in [-0.39, 0.29) is 25.7 Å². The van der Waals surface area contributed by atoms with Crippen LogP contribution in [-0.4, -0.2) is 96.7 Å². The molecule has 0 aliphatic rings.